The van der Waals surface area contributed by atoms with Crippen molar-refractivity contribution in [2.75, 3.05) is 32.4 Å². The fraction of sp³-hybridized carbons (Fsp3) is 0.276. The lowest BCUT2D eigenvalue weighted by Gasteiger charge is -2.12. The molecule has 0 unspecified atom stereocenters. The third-order valence-electron chi connectivity index (χ3n) is 6.00. The number of rotatable bonds is 12. The van der Waals surface area contributed by atoms with Crippen LogP contribution in [0.1, 0.15) is 24.5 Å². The van der Waals surface area contributed by atoms with Gasteiger partial charge in [0, 0.05) is 30.2 Å². The molecule has 0 aliphatic rings. The molecule has 0 saturated heterocycles. The second-order valence-electron chi connectivity index (χ2n) is 8.35. The van der Waals surface area contributed by atoms with Crippen LogP contribution in [-0.2, 0) is 17.7 Å². The molecular formula is C29H32N4O2. The number of aromatic nitrogens is 1. The summed E-state index contributed by atoms with van der Waals surface area (Å²) in [5.41, 5.74) is 5.96. The van der Waals surface area contributed by atoms with Gasteiger partial charge in [-0.25, -0.2) is 0 Å². The summed E-state index contributed by atoms with van der Waals surface area (Å²) in [5.74, 6) is 0.789. The van der Waals surface area contributed by atoms with Gasteiger partial charge in [0.15, 0.2) is 0 Å². The first-order chi connectivity index (χ1) is 17.2. The number of nitrogens with zero attached hydrogens (tertiary/aromatic N) is 2. The largest absolute Gasteiger partial charge is 0.497 e. The van der Waals surface area contributed by atoms with E-state index in [0.29, 0.717) is 19.0 Å². The number of hydrogen-bond donors (Lipinski definition) is 2. The molecule has 6 heteroatoms. The summed E-state index contributed by atoms with van der Waals surface area (Å²) >= 11 is 0. The number of anilines is 1. The molecule has 35 heavy (non-hydrogen) atoms. The molecule has 6 nitrogen and oxygen atoms in total. The molecule has 0 aliphatic carbocycles. The highest BCUT2D eigenvalue weighted by Gasteiger charge is 2.19. The topological polar surface area (TPSA) is 71.2 Å². The fourth-order valence-corrected chi connectivity index (χ4v) is 4.28. The van der Waals surface area contributed by atoms with Crippen molar-refractivity contribution in [3.8, 4) is 23.1 Å². The number of fused-ring (bicyclic) bond motifs is 1. The molecule has 4 aromatic rings. The Hall–Kier alpha value is -3.79. The SMILES string of the molecule is CCCn1c(-c2ccc(NCOCNCCc3ccccc3)cc2)c(C#N)c2ccc(OC)cc21. The van der Waals surface area contributed by atoms with E-state index in [-0.39, 0.29) is 0 Å². The van der Waals surface area contributed by atoms with Crippen LogP contribution in [0, 0.1) is 11.3 Å². The van der Waals surface area contributed by atoms with E-state index in [1.54, 1.807) is 7.11 Å². The van der Waals surface area contributed by atoms with Crippen molar-refractivity contribution in [3.63, 3.8) is 0 Å². The van der Waals surface area contributed by atoms with Crippen LogP contribution in [0.15, 0.2) is 72.8 Å². The molecule has 0 fully saturated rings. The van der Waals surface area contributed by atoms with E-state index < -0.39 is 0 Å². The lowest BCUT2D eigenvalue weighted by molar-refractivity contribution is 0.133. The summed E-state index contributed by atoms with van der Waals surface area (Å²) in [6.45, 7) is 4.75. The van der Waals surface area contributed by atoms with Crippen LogP contribution in [-0.4, -0.2) is 31.7 Å². The van der Waals surface area contributed by atoms with Gasteiger partial charge in [-0.1, -0.05) is 49.4 Å². The Balaban J connectivity index is 1.38. The molecule has 4 rings (SSSR count). The zero-order valence-electron chi connectivity index (χ0n) is 20.4. The van der Waals surface area contributed by atoms with E-state index in [1.165, 1.54) is 5.56 Å². The van der Waals surface area contributed by atoms with E-state index in [2.05, 4.69) is 64.6 Å². The highest BCUT2D eigenvalue weighted by atomic mass is 16.5. The van der Waals surface area contributed by atoms with E-state index in [1.807, 2.05) is 36.4 Å². The van der Waals surface area contributed by atoms with Crippen molar-refractivity contribution in [1.29, 1.82) is 5.26 Å². The van der Waals surface area contributed by atoms with Crippen LogP contribution in [0.5, 0.6) is 5.75 Å². The van der Waals surface area contributed by atoms with Gasteiger partial charge in [0.1, 0.15) is 18.5 Å². The Labute approximate surface area is 207 Å². The van der Waals surface area contributed by atoms with Crippen molar-refractivity contribution in [2.45, 2.75) is 26.3 Å². The van der Waals surface area contributed by atoms with Crippen LogP contribution in [0.4, 0.5) is 5.69 Å². The molecule has 0 atom stereocenters. The second kappa shape index (κ2) is 12.1. The summed E-state index contributed by atoms with van der Waals surface area (Å²) in [4.78, 5) is 0. The van der Waals surface area contributed by atoms with Crippen LogP contribution in [0.2, 0.25) is 0 Å². The minimum atomic E-state index is 0.414. The smallest absolute Gasteiger partial charge is 0.120 e. The molecule has 0 saturated carbocycles. The average Bonchev–Trinajstić information content (AvgIpc) is 3.21. The normalized spacial score (nSPS) is 10.9. The first-order valence-electron chi connectivity index (χ1n) is 12.0. The van der Waals surface area contributed by atoms with Crippen molar-refractivity contribution in [1.82, 2.24) is 9.88 Å². The molecule has 0 spiro atoms. The summed E-state index contributed by atoms with van der Waals surface area (Å²) in [7, 11) is 1.66. The number of aryl methyl sites for hydroxylation is 1. The van der Waals surface area contributed by atoms with Gasteiger partial charge in [0.2, 0.25) is 0 Å². The second-order valence-corrected chi connectivity index (χ2v) is 8.35. The standard InChI is InChI=1S/C29H32N4O2/c1-3-17-33-28-18-25(34-2)13-14-26(28)27(19-30)29(33)23-9-11-24(12-10-23)32-21-35-20-31-16-15-22-7-5-4-6-8-22/h4-14,18,31-32H,3,15-17,20-21H2,1-2H3. The van der Waals surface area contributed by atoms with E-state index in [9.17, 15) is 5.26 Å². The molecule has 1 aromatic heterocycles. The van der Waals surface area contributed by atoms with Crippen molar-refractivity contribution in [3.05, 3.63) is 83.9 Å². The maximum absolute atomic E-state index is 9.98. The third kappa shape index (κ3) is 5.83. The van der Waals surface area contributed by atoms with Gasteiger partial charge in [-0.15, -0.1) is 0 Å². The molecular weight excluding hydrogens is 436 g/mol. The van der Waals surface area contributed by atoms with Gasteiger partial charge in [-0.05, 0) is 48.2 Å². The zero-order valence-corrected chi connectivity index (χ0v) is 20.4. The van der Waals surface area contributed by atoms with Gasteiger partial charge >= 0.3 is 0 Å². The third-order valence-corrected chi connectivity index (χ3v) is 6.00. The van der Waals surface area contributed by atoms with Gasteiger partial charge in [0.25, 0.3) is 0 Å². The number of nitriles is 1. The summed E-state index contributed by atoms with van der Waals surface area (Å²) in [6.07, 6.45) is 1.94. The number of benzene rings is 3. The number of hydrogen-bond acceptors (Lipinski definition) is 5. The van der Waals surface area contributed by atoms with Crippen molar-refractivity contribution in [2.24, 2.45) is 0 Å². The van der Waals surface area contributed by atoms with E-state index in [0.717, 1.165) is 59.5 Å². The number of nitrogens with one attached hydrogen (secondary N) is 2. The summed E-state index contributed by atoms with van der Waals surface area (Å²) in [6, 6.07) is 26.9. The average molecular weight is 469 g/mol. The Morgan fingerprint density at radius 3 is 2.49 bits per heavy atom. The summed E-state index contributed by atoms with van der Waals surface area (Å²) < 4.78 is 13.3. The molecule has 1 heterocycles. The maximum atomic E-state index is 9.98. The highest BCUT2D eigenvalue weighted by molar-refractivity contribution is 5.95. The van der Waals surface area contributed by atoms with Gasteiger partial charge < -0.3 is 19.4 Å². The first-order valence-corrected chi connectivity index (χ1v) is 12.0. The number of methoxy groups -OCH3 is 1. The monoisotopic (exact) mass is 468 g/mol. The van der Waals surface area contributed by atoms with Crippen LogP contribution < -0.4 is 15.4 Å². The minimum Gasteiger partial charge on any atom is -0.497 e. The molecule has 0 amide bonds. The lowest BCUT2D eigenvalue weighted by Crippen LogP contribution is -2.22. The van der Waals surface area contributed by atoms with Crippen molar-refractivity contribution >= 4 is 16.6 Å². The van der Waals surface area contributed by atoms with Gasteiger partial charge in [0.05, 0.1) is 30.6 Å². The molecule has 0 bridgehead atoms. The molecule has 2 N–H and O–H groups in total. The minimum absolute atomic E-state index is 0.414. The molecule has 3 aromatic carbocycles. The van der Waals surface area contributed by atoms with Crippen LogP contribution in [0.3, 0.4) is 0 Å². The summed E-state index contributed by atoms with van der Waals surface area (Å²) in [5, 5.41) is 17.5. The zero-order chi connectivity index (χ0) is 24.5. The predicted molar refractivity (Wildman–Crippen MR) is 142 cm³/mol. The Bertz CT molecular complexity index is 1270. The van der Waals surface area contributed by atoms with Gasteiger partial charge in [-0.2, -0.15) is 5.26 Å². The van der Waals surface area contributed by atoms with Gasteiger partial charge in [-0.3, -0.25) is 5.32 Å². The van der Waals surface area contributed by atoms with E-state index >= 15 is 0 Å². The lowest BCUT2D eigenvalue weighted by atomic mass is 10.1. The van der Waals surface area contributed by atoms with E-state index in [4.69, 9.17) is 9.47 Å². The Kier molecular flexibility index (Phi) is 8.39. The predicted octanol–water partition coefficient (Wildman–Crippen LogP) is 5.77. The first kappa shape index (κ1) is 24.3. The highest BCUT2D eigenvalue weighted by Crippen LogP contribution is 2.36. The number of ether oxygens (including phenoxy) is 2. The fourth-order valence-electron chi connectivity index (χ4n) is 4.28. The molecule has 180 valence electrons. The quantitative estimate of drug-likeness (QED) is 0.204. The Morgan fingerprint density at radius 1 is 0.971 bits per heavy atom. The maximum Gasteiger partial charge on any atom is 0.120 e. The van der Waals surface area contributed by atoms with Crippen LogP contribution >= 0.6 is 0 Å². The van der Waals surface area contributed by atoms with Crippen molar-refractivity contribution < 1.29 is 9.47 Å². The Morgan fingerprint density at radius 2 is 1.77 bits per heavy atom. The molecule has 0 aliphatic heterocycles. The molecule has 0 radical (unpaired) electrons. The van der Waals surface area contributed by atoms with Crippen LogP contribution in [0.25, 0.3) is 22.2 Å².